The third-order valence-corrected chi connectivity index (χ3v) is 4.98. The summed E-state index contributed by atoms with van der Waals surface area (Å²) in [5, 5.41) is 6.58. The highest BCUT2D eigenvalue weighted by Gasteiger charge is 2.16. The number of guanidine groups is 1. The number of rotatable bonds is 7. The summed E-state index contributed by atoms with van der Waals surface area (Å²) in [5.41, 5.74) is 0.990. The zero-order valence-corrected chi connectivity index (χ0v) is 16.4. The van der Waals surface area contributed by atoms with Gasteiger partial charge in [0.1, 0.15) is 11.6 Å². The third kappa shape index (κ3) is 6.55. The van der Waals surface area contributed by atoms with Crippen molar-refractivity contribution in [3.8, 4) is 11.6 Å². The first kappa shape index (κ1) is 20.0. The molecule has 7 heteroatoms. The summed E-state index contributed by atoms with van der Waals surface area (Å²) in [6, 6.07) is 9.65. The van der Waals surface area contributed by atoms with Crippen molar-refractivity contribution in [3.05, 3.63) is 54.0 Å². The number of pyridine rings is 1. The number of benzene rings is 1. The number of halogens is 1. The van der Waals surface area contributed by atoms with Crippen LogP contribution in [-0.2, 0) is 6.54 Å². The first-order valence-corrected chi connectivity index (χ1v) is 9.52. The lowest BCUT2D eigenvalue weighted by Crippen LogP contribution is -2.42. The van der Waals surface area contributed by atoms with Crippen LogP contribution < -0.4 is 15.4 Å². The lowest BCUT2D eigenvalue weighted by molar-refractivity contribution is 0.457. The Morgan fingerprint density at radius 2 is 2.08 bits per heavy atom. The van der Waals surface area contributed by atoms with E-state index in [0.29, 0.717) is 18.2 Å². The SMILES string of the molecule is CN=C(NCc1ccc(Oc2cccc(F)c2)nc1)NCC(C)(C)SC. The molecule has 5 nitrogen and oxygen atoms in total. The second-order valence-corrected chi connectivity index (χ2v) is 7.82. The van der Waals surface area contributed by atoms with E-state index in [2.05, 4.69) is 40.7 Å². The van der Waals surface area contributed by atoms with E-state index in [1.165, 1.54) is 12.1 Å². The fourth-order valence-corrected chi connectivity index (χ4v) is 2.22. The monoisotopic (exact) mass is 376 g/mol. The van der Waals surface area contributed by atoms with Gasteiger partial charge in [0.05, 0.1) is 0 Å². The number of nitrogens with one attached hydrogen (secondary N) is 2. The predicted molar refractivity (Wildman–Crippen MR) is 107 cm³/mol. The number of hydrogen-bond donors (Lipinski definition) is 2. The average molecular weight is 377 g/mol. The molecule has 0 atom stereocenters. The number of ether oxygens (including phenoxy) is 1. The van der Waals surface area contributed by atoms with Gasteiger partial charge in [-0.05, 0) is 37.8 Å². The topological polar surface area (TPSA) is 58.5 Å². The highest BCUT2D eigenvalue weighted by molar-refractivity contribution is 7.99. The minimum Gasteiger partial charge on any atom is -0.439 e. The van der Waals surface area contributed by atoms with Crippen LogP contribution in [0.25, 0.3) is 0 Å². The van der Waals surface area contributed by atoms with Gasteiger partial charge in [0.15, 0.2) is 5.96 Å². The zero-order chi connectivity index (χ0) is 19.0. The Bertz CT molecular complexity index is 735. The summed E-state index contributed by atoms with van der Waals surface area (Å²) >= 11 is 1.80. The summed E-state index contributed by atoms with van der Waals surface area (Å²) in [4.78, 5) is 8.48. The maximum absolute atomic E-state index is 13.2. The van der Waals surface area contributed by atoms with E-state index in [0.717, 1.165) is 18.1 Å². The van der Waals surface area contributed by atoms with Crippen molar-refractivity contribution in [1.29, 1.82) is 0 Å². The van der Waals surface area contributed by atoms with Crippen LogP contribution in [0.15, 0.2) is 47.6 Å². The van der Waals surface area contributed by atoms with Gasteiger partial charge in [0, 0.05) is 43.2 Å². The molecule has 0 bridgehead atoms. The molecule has 0 saturated carbocycles. The lowest BCUT2D eigenvalue weighted by atomic mass is 10.2. The first-order valence-electron chi connectivity index (χ1n) is 8.30. The lowest BCUT2D eigenvalue weighted by Gasteiger charge is -2.23. The molecule has 0 amide bonds. The highest BCUT2D eigenvalue weighted by atomic mass is 32.2. The standard InChI is InChI=1S/C19H25FN4OS/c1-19(2,26-4)13-24-18(21-3)23-12-14-8-9-17(22-11-14)25-16-7-5-6-15(20)10-16/h5-11H,12-13H2,1-4H3,(H2,21,23,24). The number of thioether (sulfide) groups is 1. The van der Waals surface area contributed by atoms with Crippen molar-refractivity contribution in [2.75, 3.05) is 19.8 Å². The van der Waals surface area contributed by atoms with Crippen LogP contribution in [0.3, 0.4) is 0 Å². The van der Waals surface area contributed by atoms with Gasteiger partial charge in [-0.2, -0.15) is 11.8 Å². The fraction of sp³-hybridized carbons (Fsp3) is 0.368. The minimum absolute atomic E-state index is 0.134. The molecule has 1 aromatic carbocycles. The smallest absolute Gasteiger partial charge is 0.219 e. The first-order chi connectivity index (χ1) is 12.4. The molecule has 0 radical (unpaired) electrons. The molecular formula is C19H25FN4OS. The molecule has 1 aromatic heterocycles. The van der Waals surface area contributed by atoms with Crippen LogP contribution in [0, 0.1) is 5.82 Å². The van der Waals surface area contributed by atoms with Crippen molar-refractivity contribution < 1.29 is 9.13 Å². The predicted octanol–water partition coefficient (Wildman–Crippen LogP) is 3.82. The van der Waals surface area contributed by atoms with E-state index in [4.69, 9.17) is 4.74 Å². The molecule has 1 heterocycles. The largest absolute Gasteiger partial charge is 0.439 e. The Kier molecular flexibility index (Phi) is 7.26. The van der Waals surface area contributed by atoms with E-state index in [1.807, 2.05) is 6.07 Å². The van der Waals surface area contributed by atoms with Crippen LogP contribution in [0.1, 0.15) is 19.4 Å². The van der Waals surface area contributed by atoms with Gasteiger partial charge in [-0.15, -0.1) is 0 Å². The number of aliphatic imine (C=N–C) groups is 1. The van der Waals surface area contributed by atoms with Gasteiger partial charge in [0.25, 0.3) is 0 Å². The van der Waals surface area contributed by atoms with E-state index < -0.39 is 0 Å². The van der Waals surface area contributed by atoms with Crippen LogP contribution >= 0.6 is 11.8 Å². The Morgan fingerprint density at radius 3 is 2.69 bits per heavy atom. The Morgan fingerprint density at radius 1 is 1.27 bits per heavy atom. The summed E-state index contributed by atoms with van der Waals surface area (Å²) in [6.07, 6.45) is 3.82. The van der Waals surface area contributed by atoms with Crippen molar-refractivity contribution in [3.63, 3.8) is 0 Å². The highest BCUT2D eigenvalue weighted by Crippen LogP contribution is 2.20. The number of aromatic nitrogens is 1. The molecule has 0 saturated heterocycles. The van der Waals surface area contributed by atoms with Crippen LogP contribution in [0.2, 0.25) is 0 Å². The molecule has 2 aromatic rings. The third-order valence-electron chi connectivity index (χ3n) is 3.73. The van der Waals surface area contributed by atoms with Gasteiger partial charge in [-0.1, -0.05) is 12.1 Å². The van der Waals surface area contributed by atoms with Gasteiger partial charge >= 0.3 is 0 Å². The summed E-state index contributed by atoms with van der Waals surface area (Å²) in [6.45, 7) is 5.76. The number of nitrogens with zero attached hydrogens (tertiary/aromatic N) is 2. The van der Waals surface area contributed by atoms with Crippen molar-refractivity contribution in [2.45, 2.75) is 25.1 Å². The summed E-state index contributed by atoms with van der Waals surface area (Å²) in [5.74, 6) is 1.24. The molecule has 0 fully saturated rings. The van der Waals surface area contributed by atoms with Crippen LogP contribution in [-0.4, -0.2) is 35.5 Å². The van der Waals surface area contributed by atoms with E-state index >= 15 is 0 Å². The molecule has 2 N–H and O–H groups in total. The molecule has 140 valence electrons. The minimum atomic E-state index is -0.341. The normalized spacial score (nSPS) is 12.0. The second-order valence-electron chi connectivity index (χ2n) is 6.31. The Labute approximate surface area is 158 Å². The van der Waals surface area contributed by atoms with Crippen molar-refractivity contribution >= 4 is 17.7 Å². The molecule has 0 aliphatic rings. The molecule has 0 spiro atoms. The molecule has 26 heavy (non-hydrogen) atoms. The van der Waals surface area contributed by atoms with E-state index in [1.54, 1.807) is 43.2 Å². The maximum atomic E-state index is 13.2. The van der Waals surface area contributed by atoms with Crippen LogP contribution in [0.4, 0.5) is 4.39 Å². The Balaban J connectivity index is 1.86. The number of hydrogen-bond acceptors (Lipinski definition) is 4. The second kappa shape index (κ2) is 9.43. The van der Waals surface area contributed by atoms with Gasteiger partial charge < -0.3 is 15.4 Å². The Hall–Kier alpha value is -2.28. The molecule has 0 aliphatic carbocycles. The van der Waals surface area contributed by atoms with Gasteiger partial charge in [0.2, 0.25) is 5.88 Å². The summed E-state index contributed by atoms with van der Waals surface area (Å²) in [7, 11) is 1.75. The quantitative estimate of drug-likeness (QED) is 0.568. The molecule has 0 unspecified atom stereocenters. The van der Waals surface area contributed by atoms with Gasteiger partial charge in [-0.25, -0.2) is 9.37 Å². The van der Waals surface area contributed by atoms with E-state index in [9.17, 15) is 4.39 Å². The van der Waals surface area contributed by atoms with Crippen molar-refractivity contribution in [1.82, 2.24) is 15.6 Å². The maximum Gasteiger partial charge on any atom is 0.219 e. The van der Waals surface area contributed by atoms with E-state index in [-0.39, 0.29) is 10.6 Å². The average Bonchev–Trinajstić information content (AvgIpc) is 2.63. The molecule has 0 aliphatic heterocycles. The van der Waals surface area contributed by atoms with Crippen LogP contribution in [0.5, 0.6) is 11.6 Å². The molecular weight excluding hydrogens is 351 g/mol. The fourth-order valence-electron chi connectivity index (χ4n) is 2.00. The summed E-state index contributed by atoms with van der Waals surface area (Å²) < 4.78 is 18.8. The van der Waals surface area contributed by atoms with Crippen molar-refractivity contribution in [2.24, 2.45) is 4.99 Å². The molecule has 2 rings (SSSR count). The zero-order valence-electron chi connectivity index (χ0n) is 15.5. The van der Waals surface area contributed by atoms with Gasteiger partial charge in [-0.3, -0.25) is 4.99 Å².